The summed E-state index contributed by atoms with van der Waals surface area (Å²) in [5.74, 6) is 0.662. The lowest BCUT2D eigenvalue weighted by Gasteiger charge is -2.31. The Balaban J connectivity index is 1.54. The second-order valence-electron chi connectivity index (χ2n) is 6.63. The van der Waals surface area contributed by atoms with Gasteiger partial charge in [-0.15, -0.1) is 0 Å². The van der Waals surface area contributed by atoms with Gasteiger partial charge < -0.3 is 15.6 Å². The zero-order valence-corrected chi connectivity index (χ0v) is 13.0. The number of hydrogen-bond donors (Lipinski definition) is 3. The largest absolute Gasteiger partial charge is 0.363 e. The lowest BCUT2D eigenvalue weighted by molar-refractivity contribution is 0.367. The molecule has 0 amide bonds. The Kier molecular flexibility index (Phi) is 4.00. The fourth-order valence-corrected chi connectivity index (χ4v) is 4.12. The molecule has 0 radical (unpaired) electrons. The van der Waals surface area contributed by atoms with E-state index in [9.17, 15) is 0 Å². The summed E-state index contributed by atoms with van der Waals surface area (Å²) in [7, 11) is 0. The summed E-state index contributed by atoms with van der Waals surface area (Å²) in [6.07, 6.45) is 7.12. The van der Waals surface area contributed by atoms with Crippen molar-refractivity contribution in [3.63, 3.8) is 0 Å². The average molecular weight is 295 g/mol. The second kappa shape index (κ2) is 6.27. The summed E-state index contributed by atoms with van der Waals surface area (Å²) in [5.41, 5.74) is 4.40. The first kappa shape index (κ1) is 14.0. The first-order valence-corrected chi connectivity index (χ1v) is 8.60. The van der Waals surface area contributed by atoms with Gasteiger partial charge in [0.2, 0.25) is 0 Å². The molecule has 3 N–H and O–H groups in total. The summed E-state index contributed by atoms with van der Waals surface area (Å²) >= 11 is 0. The van der Waals surface area contributed by atoms with Crippen molar-refractivity contribution in [3.05, 3.63) is 59.4 Å². The Morgan fingerprint density at radius 2 is 1.73 bits per heavy atom. The number of aromatic amines is 1. The van der Waals surface area contributed by atoms with Crippen LogP contribution in [-0.2, 0) is 0 Å². The van der Waals surface area contributed by atoms with E-state index in [4.69, 9.17) is 0 Å². The Morgan fingerprint density at radius 3 is 2.55 bits per heavy atom. The van der Waals surface area contributed by atoms with Crippen LogP contribution in [0.15, 0.2) is 42.6 Å². The lowest BCUT2D eigenvalue weighted by atomic mass is 9.83. The molecule has 2 aliphatic rings. The van der Waals surface area contributed by atoms with Crippen LogP contribution >= 0.6 is 0 Å². The van der Waals surface area contributed by atoms with Crippen molar-refractivity contribution in [3.8, 4) is 0 Å². The van der Waals surface area contributed by atoms with E-state index in [0.717, 1.165) is 13.1 Å². The van der Waals surface area contributed by atoms with Crippen molar-refractivity contribution in [1.82, 2.24) is 15.6 Å². The fourth-order valence-electron chi connectivity index (χ4n) is 4.12. The molecule has 2 saturated heterocycles. The van der Waals surface area contributed by atoms with Gasteiger partial charge in [-0.1, -0.05) is 30.3 Å². The van der Waals surface area contributed by atoms with E-state index in [0.29, 0.717) is 18.0 Å². The van der Waals surface area contributed by atoms with Crippen molar-refractivity contribution in [2.45, 2.75) is 43.7 Å². The van der Waals surface area contributed by atoms with Gasteiger partial charge in [0.05, 0.1) is 0 Å². The van der Waals surface area contributed by atoms with Gasteiger partial charge in [0.15, 0.2) is 0 Å². The van der Waals surface area contributed by atoms with Gasteiger partial charge >= 0.3 is 0 Å². The lowest BCUT2D eigenvalue weighted by Crippen LogP contribution is -2.31. The third-order valence-corrected chi connectivity index (χ3v) is 5.27. The van der Waals surface area contributed by atoms with Crippen LogP contribution < -0.4 is 10.6 Å². The number of nitrogens with one attached hydrogen (secondary N) is 3. The van der Waals surface area contributed by atoms with E-state index in [1.807, 2.05) is 0 Å². The van der Waals surface area contributed by atoms with Gasteiger partial charge in [-0.25, -0.2) is 0 Å². The number of piperidine rings is 1. The number of rotatable bonds is 3. The first-order valence-electron chi connectivity index (χ1n) is 8.60. The topological polar surface area (TPSA) is 39.9 Å². The van der Waals surface area contributed by atoms with E-state index in [2.05, 4.69) is 58.2 Å². The van der Waals surface area contributed by atoms with Gasteiger partial charge in [0.25, 0.3) is 0 Å². The van der Waals surface area contributed by atoms with Crippen LogP contribution in [0.3, 0.4) is 0 Å². The Bertz CT molecular complexity index is 598. The van der Waals surface area contributed by atoms with Crippen LogP contribution in [-0.4, -0.2) is 18.1 Å². The maximum atomic E-state index is 3.69. The third kappa shape index (κ3) is 2.71. The average Bonchev–Trinajstić information content (AvgIpc) is 3.27. The highest BCUT2D eigenvalue weighted by atomic mass is 15.0. The molecule has 116 valence electrons. The van der Waals surface area contributed by atoms with Crippen LogP contribution in [0, 0.1) is 0 Å². The van der Waals surface area contributed by atoms with E-state index in [-0.39, 0.29) is 0 Å². The van der Waals surface area contributed by atoms with Gasteiger partial charge in [-0.05, 0) is 61.9 Å². The molecular weight excluding hydrogens is 270 g/mol. The first-order chi connectivity index (χ1) is 10.9. The molecule has 0 bridgehead atoms. The SMILES string of the molecule is c1ccc(C2CC(c3cc[nH]c3C3CCCN3)CCN2)cc1. The highest BCUT2D eigenvalue weighted by Gasteiger charge is 2.28. The summed E-state index contributed by atoms with van der Waals surface area (Å²) in [5, 5.41) is 7.32. The van der Waals surface area contributed by atoms with Gasteiger partial charge in [0, 0.05) is 24.0 Å². The smallest absolute Gasteiger partial charge is 0.0476 e. The molecule has 4 rings (SSSR count). The molecule has 2 fully saturated rings. The van der Waals surface area contributed by atoms with Gasteiger partial charge in [-0.2, -0.15) is 0 Å². The zero-order chi connectivity index (χ0) is 14.8. The van der Waals surface area contributed by atoms with E-state index in [1.165, 1.54) is 36.9 Å². The number of aromatic nitrogens is 1. The zero-order valence-electron chi connectivity index (χ0n) is 13.0. The minimum absolute atomic E-state index is 0.485. The summed E-state index contributed by atoms with van der Waals surface area (Å²) in [6, 6.07) is 14.2. The van der Waals surface area contributed by atoms with Crippen molar-refractivity contribution >= 4 is 0 Å². The Labute approximate surface area is 132 Å². The molecule has 1 aromatic carbocycles. The molecule has 0 spiro atoms. The monoisotopic (exact) mass is 295 g/mol. The molecule has 22 heavy (non-hydrogen) atoms. The molecule has 3 atom stereocenters. The number of hydrogen-bond acceptors (Lipinski definition) is 2. The maximum absolute atomic E-state index is 3.69. The molecular formula is C19H25N3. The number of H-pyrrole nitrogens is 1. The van der Waals surface area contributed by atoms with Gasteiger partial charge in [-0.3, -0.25) is 0 Å². The Hall–Kier alpha value is -1.58. The Morgan fingerprint density at radius 1 is 0.864 bits per heavy atom. The minimum Gasteiger partial charge on any atom is -0.363 e. The minimum atomic E-state index is 0.485. The van der Waals surface area contributed by atoms with Crippen molar-refractivity contribution < 1.29 is 0 Å². The van der Waals surface area contributed by atoms with E-state index >= 15 is 0 Å². The molecule has 3 heteroatoms. The molecule has 3 heterocycles. The van der Waals surface area contributed by atoms with Crippen molar-refractivity contribution in [1.29, 1.82) is 0 Å². The van der Waals surface area contributed by atoms with Crippen molar-refractivity contribution in [2.24, 2.45) is 0 Å². The summed E-state index contributed by atoms with van der Waals surface area (Å²) < 4.78 is 0. The molecule has 3 nitrogen and oxygen atoms in total. The van der Waals surface area contributed by atoms with Crippen LogP contribution in [0.1, 0.15) is 60.5 Å². The standard InChI is InChI=1S/C19H25N3/c1-2-5-14(6-3-1)18-13-15(8-11-21-18)16-9-12-22-19(16)17-7-4-10-20-17/h1-3,5-6,9,12,15,17-18,20-22H,4,7-8,10-11,13H2. The molecule has 2 aliphatic heterocycles. The van der Waals surface area contributed by atoms with E-state index in [1.54, 1.807) is 5.56 Å². The third-order valence-electron chi connectivity index (χ3n) is 5.27. The molecule has 3 unspecified atom stereocenters. The van der Waals surface area contributed by atoms with Crippen LogP contribution in [0.25, 0.3) is 0 Å². The van der Waals surface area contributed by atoms with Gasteiger partial charge in [0.1, 0.15) is 0 Å². The predicted molar refractivity (Wildman–Crippen MR) is 89.9 cm³/mol. The molecule has 1 aromatic heterocycles. The van der Waals surface area contributed by atoms with Crippen molar-refractivity contribution in [2.75, 3.05) is 13.1 Å². The normalized spacial score (nSPS) is 28.8. The quantitative estimate of drug-likeness (QED) is 0.809. The highest BCUT2D eigenvalue weighted by molar-refractivity contribution is 5.30. The highest BCUT2D eigenvalue weighted by Crippen LogP contribution is 2.38. The maximum Gasteiger partial charge on any atom is 0.0476 e. The second-order valence-corrected chi connectivity index (χ2v) is 6.63. The van der Waals surface area contributed by atoms with Crippen LogP contribution in [0.2, 0.25) is 0 Å². The molecule has 0 saturated carbocycles. The van der Waals surface area contributed by atoms with Crippen LogP contribution in [0.4, 0.5) is 0 Å². The fraction of sp³-hybridized carbons (Fsp3) is 0.474. The van der Waals surface area contributed by atoms with Crippen LogP contribution in [0.5, 0.6) is 0 Å². The predicted octanol–water partition coefficient (Wildman–Crippen LogP) is 3.65. The molecule has 0 aliphatic carbocycles. The number of benzene rings is 1. The summed E-state index contributed by atoms with van der Waals surface area (Å²) in [4.78, 5) is 3.52. The van der Waals surface area contributed by atoms with E-state index < -0.39 is 0 Å². The molecule has 2 aromatic rings. The summed E-state index contributed by atoms with van der Waals surface area (Å²) in [6.45, 7) is 2.26.